The molecule has 1 fully saturated rings. The predicted octanol–water partition coefficient (Wildman–Crippen LogP) is 4.59. The second-order valence-corrected chi connectivity index (χ2v) is 8.73. The maximum atomic E-state index is 12.5. The molecule has 30 heavy (non-hydrogen) atoms. The van der Waals surface area contributed by atoms with Gasteiger partial charge in [-0.1, -0.05) is 59.3 Å². The van der Waals surface area contributed by atoms with E-state index in [1.807, 2.05) is 55.5 Å². The van der Waals surface area contributed by atoms with Crippen LogP contribution in [0.1, 0.15) is 34.9 Å². The second-order valence-electron chi connectivity index (χ2n) is 7.32. The zero-order valence-corrected chi connectivity index (χ0v) is 18.0. The number of carbonyl (C=O) groups is 2. The molecular weight excluding hydrogens is 420 g/mol. The van der Waals surface area contributed by atoms with Gasteiger partial charge in [0.15, 0.2) is 0 Å². The van der Waals surface area contributed by atoms with E-state index in [9.17, 15) is 9.59 Å². The van der Waals surface area contributed by atoms with Crippen LogP contribution in [0.4, 0.5) is 10.8 Å². The topological polar surface area (TPSA) is 75.2 Å². The maximum absolute atomic E-state index is 12.5. The molecule has 0 unspecified atom stereocenters. The number of amides is 2. The molecule has 1 aromatic heterocycles. The first-order valence-electron chi connectivity index (χ1n) is 9.73. The number of aromatic nitrogens is 2. The minimum absolute atomic E-state index is 0.0311. The Morgan fingerprint density at radius 3 is 2.80 bits per heavy atom. The lowest BCUT2D eigenvalue weighted by Crippen LogP contribution is -2.24. The third kappa shape index (κ3) is 4.68. The Morgan fingerprint density at radius 1 is 1.23 bits per heavy atom. The Kier molecular flexibility index (Phi) is 6.11. The molecule has 6 nitrogen and oxygen atoms in total. The zero-order valence-electron chi connectivity index (χ0n) is 16.5. The van der Waals surface area contributed by atoms with Gasteiger partial charge in [-0.15, -0.1) is 10.2 Å². The van der Waals surface area contributed by atoms with Gasteiger partial charge in [-0.3, -0.25) is 9.59 Å². The van der Waals surface area contributed by atoms with Crippen LogP contribution in [-0.2, 0) is 16.0 Å². The first kappa shape index (κ1) is 20.5. The van der Waals surface area contributed by atoms with E-state index in [2.05, 4.69) is 15.5 Å². The molecule has 1 aliphatic rings. The first-order valence-corrected chi connectivity index (χ1v) is 10.9. The lowest BCUT2D eigenvalue weighted by molar-refractivity contribution is -0.117. The highest BCUT2D eigenvalue weighted by Gasteiger charge is 2.34. The van der Waals surface area contributed by atoms with Crippen LogP contribution in [0, 0.1) is 6.92 Å². The van der Waals surface area contributed by atoms with Crippen LogP contribution < -0.4 is 10.2 Å². The van der Waals surface area contributed by atoms with Gasteiger partial charge in [0.05, 0.1) is 0 Å². The van der Waals surface area contributed by atoms with Crippen molar-refractivity contribution in [1.82, 2.24) is 10.2 Å². The van der Waals surface area contributed by atoms with Crippen LogP contribution in [0.15, 0.2) is 48.5 Å². The summed E-state index contributed by atoms with van der Waals surface area (Å²) in [6.07, 6.45) is 1.41. The van der Waals surface area contributed by atoms with Crippen molar-refractivity contribution in [3.05, 3.63) is 69.7 Å². The third-order valence-corrected chi connectivity index (χ3v) is 6.52. The average Bonchev–Trinajstić information content (AvgIpc) is 3.36. The highest BCUT2D eigenvalue weighted by molar-refractivity contribution is 7.15. The number of aryl methyl sites for hydroxylation is 2. The Bertz CT molecular complexity index is 1070. The number of anilines is 2. The van der Waals surface area contributed by atoms with Crippen molar-refractivity contribution in [2.24, 2.45) is 0 Å². The molecule has 2 aromatic carbocycles. The highest BCUT2D eigenvalue weighted by atomic mass is 35.5. The Hall–Kier alpha value is -2.77. The Labute approximate surface area is 183 Å². The van der Waals surface area contributed by atoms with Crippen LogP contribution in [0.25, 0.3) is 0 Å². The molecule has 1 aliphatic heterocycles. The summed E-state index contributed by atoms with van der Waals surface area (Å²) >= 11 is 7.54. The van der Waals surface area contributed by atoms with Crippen molar-refractivity contribution < 1.29 is 9.59 Å². The fraction of sp³-hybridized carbons (Fsp3) is 0.273. The smallest absolute Gasteiger partial charge is 0.227 e. The number of hydrogen-bond acceptors (Lipinski definition) is 5. The van der Waals surface area contributed by atoms with Gasteiger partial charge in [-0.2, -0.15) is 0 Å². The molecule has 8 heteroatoms. The van der Waals surface area contributed by atoms with Crippen LogP contribution in [0.2, 0.25) is 5.02 Å². The SMILES string of the molecule is Cc1ccc(N2C[C@@H](c3nnc(NC(=O)CCc4ccccc4)s3)CC2=O)cc1Cl. The zero-order chi connectivity index (χ0) is 21.1. The second kappa shape index (κ2) is 8.93. The molecule has 0 aliphatic carbocycles. The lowest BCUT2D eigenvalue weighted by atomic mass is 10.1. The van der Waals surface area contributed by atoms with Crippen molar-refractivity contribution in [1.29, 1.82) is 0 Å². The molecule has 154 valence electrons. The number of carbonyl (C=O) groups excluding carboxylic acids is 2. The van der Waals surface area contributed by atoms with E-state index in [1.54, 1.807) is 4.90 Å². The third-order valence-electron chi connectivity index (χ3n) is 5.11. The van der Waals surface area contributed by atoms with Gasteiger partial charge < -0.3 is 10.2 Å². The summed E-state index contributed by atoms with van der Waals surface area (Å²) < 4.78 is 0. The van der Waals surface area contributed by atoms with Gasteiger partial charge in [0.25, 0.3) is 0 Å². The van der Waals surface area contributed by atoms with Crippen molar-refractivity contribution in [2.45, 2.75) is 32.1 Å². The van der Waals surface area contributed by atoms with Gasteiger partial charge >= 0.3 is 0 Å². The normalized spacial score (nSPS) is 16.1. The Balaban J connectivity index is 1.36. The number of nitrogens with one attached hydrogen (secondary N) is 1. The van der Waals surface area contributed by atoms with Crippen LogP contribution in [-0.4, -0.2) is 28.6 Å². The summed E-state index contributed by atoms with van der Waals surface area (Å²) in [6.45, 7) is 2.45. The summed E-state index contributed by atoms with van der Waals surface area (Å²) in [7, 11) is 0. The van der Waals surface area contributed by atoms with Gasteiger partial charge in [0.1, 0.15) is 5.01 Å². The predicted molar refractivity (Wildman–Crippen MR) is 119 cm³/mol. The van der Waals surface area contributed by atoms with Crippen LogP contribution in [0.3, 0.4) is 0 Å². The molecule has 4 rings (SSSR count). The number of hydrogen-bond donors (Lipinski definition) is 1. The standard InChI is InChI=1S/C22H21ClN4O2S/c1-14-7-9-17(12-18(14)23)27-13-16(11-20(27)29)21-25-26-22(30-21)24-19(28)10-8-15-5-3-2-4-6-15/h2-7,9,12,16H,8,10-11,13H2,1H3,(H,24,26,28)/t16-/m0/s1. The van der Waals surface area contributed by atoms with Gasteiger partial charge in [0.2, 0.25) is 16.9 Å². The summed E-state index contributed by atoms with van der Waals surface area (Å²) in [5.74, 6) is -0.117. The fourth-order valence-corrected chi connectivity index (χ4v) is 4.43. The average molecular weight is 441 g/mol. The molecule has 1 atom stereocenters. The van der Waals surface area contributed by atoms with Crippen LogP contribution in [0.5, 0.6) is 0 Å². The minimum atomic E-state index is -0.0972. The van der Waals surface area contributed by atoms with E-state index in [-0.39, 0.29) is 17.7 Å². The van der Waals surface area contributed by atoms with E-state index in [0.29, 0.717) is 36.0 Å². The summed E-state index contributed by atoms with van der Waals surface area (Å²) in [5.41, 5.74) is 2.88. The largest absolute Gasteiger partial charge is 0.312 e. The molecule has 0 bridgehead atoms. The van der Waals surface area contributed by atoms with Gasteiger partial charge in [-0.05, 0) is 36.6 Å². The minimum Gasteiger partial charge on any atom is -0.312 e. The highest BCUT2D eigenvalue weighted by Crippen LogP contribution is 2.35. The summed E-state index contributed by atoms with van der Waals surface area (Å²) in [6, 6.07) is 15.5. The molecule has 1 saturated heterocycles. The van der Waals surface area contributed by atoms with E-state index in [0.717, 1.165) is 21.8 Å². The molecule has 2 amide bonds. The lowest BCUT2D eigenvalue weighted by Gasteiger charge is -2.17. The van der Waals surface area contributed by atoms with Crippen molar-refractivity contribution in [3.8, 4) is 0 Å². The molecular formula is C22H21ClN4O2S. The molecule has 1 N–H and O–H groups in total. The molecule has 3 aromatic rings. The summed E-state index contributed by atoms with van der Waals surface area (Å²) in [4.78, 5) is 26.5. The maximum Gasteiger partial charge on any atom is 0.227 e. The van der Waals surface area contributed by atoms with Crippen molar-refractivity contribution in [3.63, 3.8) is 0 Å². The van der Waals surface area contributed by atoms with Crippen molar-refractivity contribution in [2.75, 3.05) is 16.8 Å². The number of benzene rings is 2. The van der Waals surface area contributed by atoms with Gasteiger partial charge in [-0.25, -0.2) is 0 Å². The molecule has 2 heterocycles. The number of rotatable bonds is 6. The van der Waals surface area contributed by atoms with E-state index in [1.165, 1.54) is 11.3 Å². The first-order chi connectivity index (χ1) is 14.5. The van der Waals surface area contributed by atoms with E-state index < -0.39 is 0 Å². The monoisotopic (exact) mass is 440 g/mol. The van der Waals surface area contributed by atoms with E-state index in [4.69, 9.17) is 11.6 Å². The number of halogens is 1. The quantitative estimate of drug-likeness (QED) is 0.608. The van der Waals surface area contributed by atoms with Crippen molar-refractivity contribution >= 4 is 45.6 Å². The Morgan fingerprint density at radius 2 is 2.03 bits per heavy atom. The van der Waals surface area contributed by atoms with Gasteiger partial charge in [0, 0.05) is 36.0 Å². The molecule has 0 spiro atoms. The molecule has 0 radical (unpaired) electrons. The molecule has 0 saturated carbocycles. The number of nitrogens with zero attached hydrogens (tertiary/aromatic N) is 3. The van der Waals surface area contributed by atoms with Crippen LogP contribution >= 0.6 is 22.9 Å². The summed E-state index contributed by atoms with van der Waals surface area (Å²) in [5, 5.41) is 13.0. The fourth-order valence-electron chi connectivity index (χ4n) is 3.41. The van der Waals surface area contributed by atoms with E-state index >= 15 is 0 Å².